The number of carboxylic acids is 1. The van der Waals surface area contributed by atoms with E-state index >= 15 is 0 Å². The minimum atomic E-state index is -1.02. The van der Waals surface area contributed by atoms with Crippen molar-refractivity contribution in [2.75, 3.05) is 0 Å². The molecule has 4 rings (SSSR count). The van der Waals surface area contributed by atoms with E-state index in [4.69, 9.17) is 4.98 Å². The van der Waals surface area contributed by atoms with Gasteiger partial charge in [-0.2, -0.15) is 0 Å². The van der Waals surface area contributed by atoms with Crippen molar-refractivity contribution in [3.05, 3.63) is 75.8 Å². The molecule has 5 nitrogen and oxygen atoms in total. The molecular weight excluding hydrogens is 419 g/mol. The van der Waals surface area contributed by atoms with E-state index in [1.54, 1.807) is 10.6 Å². The third-order valence-electron chi connectivity index (χ3n) is 6.04. The molecule has 0 aliphatic carbocycles. The molecular formula is C27H27FN2O3. The summed E-state index contributed by atoms with van der Waals surface area (Å²) in [5.74, 6) is -2.35. The smallest absolute Gasteiger partial charge is 0.311 e. The van der Waals surface area contributed by atoms with Crippen molar-refractivity contribution in [1.29, 1.82) is 0 Å². The van der Waals surface area contributed by atoms with Gasteiger partial charge in [-0.25, -0.2) is 9.37 Å². The van der Waals surface area contributed by atoms with E-state index in [1.807, 2.05) is 51.1 Å². The average molecular weight is 447 g/mol. The Hall–Kier alpha value is -3.54. The van der Waals surface area contributed by atoms with Crippen molar-refractivity contribution < 1.29 is 14.3 Å². The van der Waals surface area contributed by atoms with Gasteiger partial charge < -0.3 is 5.11 Å². The quantitative estimate of drug-likeness (QED) is 0.351. The molecule has 33 heavy (non-hydrogen) atoms. The summed E-state index contributed by atoms with van der Waals surface area (Å²) in [5.41, 5.74) is 3.39. The largest absolute Gasteiger partial charge is 0.481 e. The van der Waals surface area contributed by atoms with E-state index in [1.165, 1.54) is 12.1 Å². The molecule has 4 aromatic rings. The van der Waals surface area contributed by atoms with Gasteiger partial charge in [0.05, 0.1) is 11.4 Å². The minimum absolute atomic E-state index is 0.270. The lowest BCUT2D eigenvalue weighted by Crippen LogP contribution is -2.30. The molecule has 0 saturated carbocycles. The van der Waals surface area contributed by atoms with Crippen molar-refractivity contribution in [3.8, 4) is 11.1 Å². The van der Waals surface area contributed by atoms with Crippen LogP contribution in [0.4, 0.5) is 4.39 Å². The fraction of sp³-hybridized carbons (Fsp3) is 0.296. The van der Waals surface area contributed by atoms with E-state index in [0.29, 0.717) is 53.3 Å². The topological polar surface area (TPSA) is 72.2 Å². The fourth-order valence-corrected chi connectivity index (χ4v) is 4.49. The number of carboxylic acid groups (broad SMARTS) is 1. The maximum Gasteiger partial charge on any atom is 0.311 e. The van der Waals surface area contributed by atoms with Crippen molar-refractivity contribution in [2.45, 2.75) is 52.5 Å². The third kappa shape index (κ3) is 4.13. The van der Waals surface area contributed by atoms with Gasteiger partial charge in [-0.05, 0) is 49.6 Å². The number of aliphatic carboxylic acids is 1. The van der Waals surface area contributed by atoms with Gasteiger partial charge in [-0.15, -0.1) is 0 Å². The molecule has 1 atom stereocenters. The standard InChI is InChI=1S/C27H27FN2O3/c1-4-6-20(27(32)33)24-23(17-9-7-16(3)8-10-17)21-15-18-14-19(28)11-12-22(18)29-25(21)30(13-5-2)26(24)31/h7-12,14-15,20H,4-6,13H2,1-3H3,(H,32,33). The maximum absolute atomic E-state index is 14.0. The van der Waals surface area contributed by atoms with Crippen molar-refractivity contribution in [2.24, 2.45) is 0 Å². The molecule has 1 N–H and O–H groups in total. The predicted octanol–water partition coefficient (Wildman–Crippen LogP) is 6.04. The molecule has 170 valence electrons. The Morgan fingerprint density at radius 2 is 1.82 bits per heavy atom. The molecule has 0 aliphatic rings. The van der Waals surface area contributed by atoms with Gasteiger partial charge in [0.1, 0.15) is 11.5 Å². The molecule has 0 bridgehead atoms. The number of halogens is 1. The van der Waals surface area contributed by atoms with Crippen LogP contribution in [-0.4, -0.2) is 20.6 Å². The second-order valence-corrected chi connectivity index (χ2v) is 8.49. The van der Waals surface area contributed by atoms with E-state index in [2.05, 4.69) is 0 Å². The zero-order valence-corrected chi connectivity index (χ0v) is 19.1. The van der Waals surface area contributed by atoms with Gasteiger partial charge in [-0.3, -0.25) is 14.2 Å². The van der Waals surface area contributed by atoms with Crippen LogP contribution in [0.1, 0.15) is 50.2 Å². The molecule has 0 fully saturated rings. The Bertz CT molecular complexity index is 1410. The van der Waals surface area contributed by atoms with Gasteiger partial charge in [0.25, 0.3) is 5.56 Å². The molecule has 0 saturated heterocycles. The Kier molecular flexibility index (Phi) is 6.27. The summed E-state index contributed by atoms with van der Waals surface area (Å²) in [6.45, 7) is 6.25. The third-order valence-corrected chi connectivity index (χ3v) is 6.04. The maximum atomic E-state index is 14.0. The van der Waals surface area contributed by atoms with Gasteiger partial charge in [0.2, 0.25) is 0 Å². The van der Waals surface area contributed by atoms with E-state index in [9.17, 15) is 19.1 Å². The summed E-state index contributed by atoms with van der Waals surface area (Å²) in [7, 11) is 0. The lowest BCUT2D eigenvalue weighted by molar-refractivity contribution is -0.139. The SMILES string of the molecule is CCCC(C(=O)O)c1c(-c2ccc(C)cc2)c2cc3cc(F)ccc3nc2n(CCC)c1=O. The first-order valence-electron chi connectivity index (χ1n) is 11.3. The van der Waals surface area contributed by atoms with E-state index < -0.39 is 11.9 Å². The number of fused-ring (bicyclic) bond motifs is 2. The molecule has 0 aliphatic heterocycles. The second-order valence-electron chi connectivity index (χ2n) is 8.49. The molecule has 1 unspecified atom stereocenters. The summed E-state index contributed by atoms with van der Waals surface area (Å²) >= 11 is 0. The molecule has 6 heteroatoms. The Balaban J connectivity index is 2.24. The number of hydrogen-bond donors (Lipinski definition) is 1. The van der Waals surface area contributed by atoms with Crippen LogP contribution in [0.5, 0.6) is 0 Å². The zero-order valence-electron chi connectivity index (χ0n) is 19.1. The van der Waals surface area contributed by atoms with Gasteiger partial charge in [-0.1, -0.05) is 50.1 Å². The monoisotopic (exact) mass is 446 g/mol. The van der Waals surface area contributed by atoms with Gasteiger partial charge in [0, 0.05) is 28.4 Å². The summed E-state index contributed by atoms with van der Waals surface area (Å²) < 4.78 is 15.6. The lowest BCUT2D eigenvalue weighted by Gasteiger charge is -2.21. The molecule has 0 spiro atoms. The molecule has 2 aromatic heterocycles. The minimum Gasteiger partial charge on any atom is -0.481 e. The van der Waals surface area contributed by atoms with Crippen LogP contribution in [0.2, 0.25) is 0 Å². The number of benzene rings is 2. The number of hydrogen-bond acceptors (Lipinski definition) is 3. The molecule has 2 heterocycles. The zero-order chi connectivity index (χ0) is 23.7. The van der Waals surface area contributed by atoms with Crippen LogP contribution in [0, 0.1) is 12.7 Å². The highest BCUT2D eigenvalue weighted by Crippen LogP contribution is 2.37. The first-order valence-corrected chi connectivity index (χ1v) is 11.3. The normalized spacial score (nSPS) is 12.4. The highest BCUT2D eigenvalue weighted by atomic mass is 19.1. The van der Waals surface area contributed by atoms with Crippen LogP contribution < -0.4 is 5.56 Å². The summed E-state index contributed by atoms with van der Waals surface area (Å²) in [6.07, 6.45) is 1.65. The Morgan fingerprint density at radius 1 is 1.09 bits per heavy atom. The highest BCUT2D eigenvalue weighted by Gasteiger charge is 2.29. The van der Waals surface area contributed by atoms with Crippen LogP contribution in [0.25, 0.3) is 33.1 Å². The van der Waals surface area contributed by atoms with E-state index in [0.717, 1.165) is 11.1 Å². The predicted molar refractivity (Wildman–Crippen MR) is 129 cm³/mol. The Labute approximate surface area is 191 Å². The number of aryl methyl sites for hydroxylation is 2. The lowest BCUT2D eigenvalue weighted by atomic mass is 9.86. The molecule has 0 radical (unpaired) electrons. The van der Waals surface area contributed by atoms with E-state index in [-0.39, 0.29) is 16.9 Å². The number of aromatic nitrogens is 2. The Morgan fingerprint density at radius 3 is 2.45 bits per heavy atom. The molecule has 0 amide bonds. The van der Waals surface area contributed by atoms with Crippen molar-refractivity contribution in [3.63, 3.8) is 0 Å². The first kappa shape index (κ1) is 22.6. The first-order chi connectivity index (χ1) is 15.8. The number of pyridine rings is 2. The number of rotatable bonds is 7. The van der Waals surface area contributed by atoms with Crippen LogP contribution in [0.3, 0.4) is 0 Å². The summed E-state index contributed by atoms with van der Waals surface area (Å²) in [6, 6.07) is 13.9. The number of carbonyl (C=O) groups is 1. The summed E-state index contributed by atoms with van der Waals surface area (Å²) in [5, 5.41) is 11.3. The fourth-order valence-electron chi connectivity index (χ4n) is 4.49. The average Bonchev–Trinajstić information content (AvgIpc) is 2.79. The van der Waals surface area contributed by atoms with Gasteiger partial charge in [0.15, 0.2) is 0 Å². The van der Waals surface area contributed by atoms with Crippen LogP contribution in [-0.2, 0) is 11.3 Å². The van der Waals surface area contributed by atoms with Crippen LogP contribution >= 0.6 is 0 Å². The molecule has 2 aromatic carbocycles. The second kappa shape index (κ2) is 9.14. The van der Waals surface area contributed by atoms with Crippen molar-refractivity contribution >= 4 is 27.9 Å². The van der Waals surface area contributed by atoms with Crippen LogP contribution in [0.15, 0.2) is 53.3 Å². The number of nitrogens with zero attached hydrogens (tertiary/aromatic N) is 2. The highest BCUT2D eigenvalue weighted by molar-refractivity contribution is 6.02. The van der Waals surface area contributed by atoms with Crippen molar-refractivity contribution in [1.82, 2.24) is 9.55 Å². The summed E-state index contributed by atoms with van der Waals surface area (Å²) in [4.78, 5) is 30.9. The van der Waals surface area contributed by atoms with Gasteiger partial charge >= 0.3 is 5.97 Å².